The fourth-order valence-corrected chi connectivity index (χ4v) is 2.95. The van der Waals surface area contributed by atoms with Crippen LogP contribution in [0, 0.1) is 0 Å². The average Bonchev–Trinajstić information content (AvgIpc) is 2.63. The summed E-state index contributed by atoms with van der Waals surface area (Å²) in [6.45, 7) is 3.01. The molecule has 0 spiro atoms. The molecule has 2 aliphatic rings. The summed E-state index contributed by atoms with van der Waals surface area (Å²) in [7, 11) is 0. The Bertz CT molecular complexity index is 621. The highest BCUT2D eigenvalue weighted by molar-refractivity contribution is 5.89. The highest BCUT2D eigenvalue weighted by Crippen LogP contribution is 2.14. The van der Waals surface area contributed by atoms with Gasteiger partial charge < -0.3 is 20.3 Å². The highest BCUT2D eigenvalue weighted by Gasteiger charge is 2.33. The van der Waals surface area contributed by atoms with Crippen molar-refractivity contribution in [2.24, 2.45) is 0 Å². The lowest BCUT2D eigenvalue weighted by molar-refractivity contribution is -0.155. The first kappa shape index (κ1) is 19.4. The molecule has 1 aromatic rings. The van der Waals surface area contributed by atoms with Gasteiger partial charge in [0.05, 0.1) is 6.61 Å². The SMILES string of the molecule is Cl.O=C(NCC1=CCNCC1)[C@H]1COCC(=O)N1Cc1ccccc1. The van der Waals surface area contributed by atoms with Crippen LogP contribution in [0.5, 0.6) is 0 Å². The summed E-state index contributed by atoms with van der Waals surface area (Å²) in [6.07, 6.45) is 3.04. The fourth-order valence-electron chi connectivity index (χ4n) is 2.95. The van der Waals surface area contributed by atoms with E-state index in [1.807, 2.05) is 30.3 Å². The van der Waals surface area contributed by atoms with Crippen LogP contribution in [0.15, 0.2) is 42.0 Å². The number of benzene rings is 1. The van der Waals surface area contributed by atoms with Gasteiger partial charge in [-0.05, 0) is 18.5 Å². The molecule has 136 valence electrons. The number of morpholine rings is 1. The quantitative estimate of drug-likeness (QED) is 0.760. The van der Waals surface area contributed by atoms with Crippen molar-refractivity contribution in [3.63, 3.8) is 0 Å². The number of ether oxygens (including phenoxy) is 1. The van der Waals surface area contributed by atoms with E-state index in [0.29, 0.717) is 13.1 Å². The van der Waals surface area contributed by atoms with Gasteiger partial charge in [-0.2, -0.15) is 0 Å². The maximum absolute atomic E-state index is 12.6. The zero-order chi connectivity index (χ0) is 16.8. The molecule has 0 bridgehead atoms. The third kappa shape index (κ3) is 5.29. The zero-order valence-electron chi connectivity index (χ0n) is 14.1. The molecule has 1 fully saturated rings. The molecule has 1 saturated heterocycles. The number of carbonyl (C=O) groups excluding carboxylic acids is 2. The third-order valence-electron chi connectivity index (χ3n) is 4.34. The maximum atomic E-state index is 12.6. The Morgan fingerprint density at radius 3 is 2.84 bits per heavy atom. The minimum atomic E-state index is -0.575. The van der Waals surface area contributed by atoms with Gasteiger partial charge in [0.15, 0.2) is 0 Å². The Morgan fingerprint density at radius 1 is 1.32 bits per heavy atom. The van der Waals surface area contributed by atoms with Gasteiger partial charge >= 0.3 is 0 Å². The minimum absolute atomic E-state index is 0. The normalized spacial score (nSPS) is 20.5. The van der Waals surface area contributed by atoms with E-state index in [-0.39, 0.29) is 37.4 Å². The summed E-state index contributed by atoms with van der Waals surface area (Å²) in [6, 6.07) is 9.13. The number of hydrogen-bond donors (Lipinski definition) is 2. The number of amides is 2. The molecule has 2 heterocycles. The lowest BCUT2D eigenvalue weighted by Crippen LogP contribution is -2.56. The van der Waals surface area contributed by atoms with E-state index in [0.717, 1.165) is 25.1 Å². The molecule has 0 aromatic heterocycles. The predicted octanol–water partition coefficient (Wildman–Crippen LogP) is 0.872. The summed E-state index contributed by atoms with van der Waals surface area (Å²) in [4.78, 5) is 26.4. The van der Waals surface area contributed by atoms with E-state index in [9.17, 15) is 9.59 Å². The van der Waals surface area contributed by atoms with Crippen LogP contribution in [0.3, 0.4) is 0 Å². The minimum Gasteiger partial charge on any atom is -0.369 e. The lowest BCUT2D eigenvalue weighted by Gasteiger charge is -2.34. The largest absolute Gasteiger partial charge is 0.369 e. The summed E-state index contributed by atoms with van der Waals surface area (Å²) in [5.41, 5.74) is 2.23. The highest BCUT2D eigenvalue weighted by atomic mass is 35.5. The van der Waals surface area contributed by atoms with Gasteiger partial charge in [0.1, 0.15) is 12.6 Å². The molecular formula is C18H24ClN3O3. The Morgan fingerprint density at radius 2 is 2.12 bits per heavy atom. The van der Waals surface area contributed by atoms with Crippen LogP contribution in [-0.2, 0) is 20.9 Å². The van der Waals surface area contributed by atoms with Gasteiger partial charge in [0, 0.05) is 19.6 Å². The summed E-state index contributed by atoms with van der Waals surface area (Å²) >= 11 is 0. The second kappa shape index (κ2) is 9.56. The van der Waals surface area contributed by atoms with E-state index in [1.54, 1.807) is 4.90 Å². The van der Waals surface area contributed by atoms with Crippen LogP contribution < -0.4 is 10.6 Å². The van der Waals surface area contributed by atoms with E-state index in [2.05, 4.69) is 16.7 Å². The smallest absolute Gasteiger partial charge is 0.249 e. The molecule has 3 rings (SSSR count). The molecule has 2 aliphatic heterocycles. The topological polar surface area (TPSA) is 70.7 Å². The van der Waals surface area contributed by atoms with Crippen molar-refractivity contribution in [3.8, 4) is 0 Å². The number of nitrogens with one attached hydrogen (secondary N) is 2. The number of nitrogens with zero attached hydrogens (tertiary/aromatic N) is 1. The standard InChI is InChI=1S/C18H23N3O3.ClH/c22-17-13-24-12-16(21(17)11-15-4-2-1-3-5-15)18(23)20-10-14-6-8-19-9-7-14;/h1-6,16,19H,7-13H2,(H,20,23);1H/t16-;/m1./s1. The first-order valence-corrected chi connectivity index (χ1v) is 8.31. The Labute approximate surface area is 154 Å². The molecule has 25 heavy (non-hydrogen) atoms. The molecule has 1 aromatic carbocycles. The van der Waals surface area contributed by atoms with E-state index < -0.39 is 6.04 Å². The van der Waals surface area contributed by atoms with Crippen molar-refractivity contribution in [2.45, 2.75) is 19.0 Å². The molecule has 2 amide bonds. The van der Waals surface area contributed by atoms with Crippen LogP contribution in [0.2, 0.25) is 0 Å². The monoisotopic (exact) mass is 365 g/mol. The maximum Gasteiger partial charge on any atom is 0.249 e. The molecule has 0 unspecified atom stereocenters. The van der Waals surface area contributed by atoms with Gasteiger partial charge in [-0.3, -0.25) is 9.59 Å². The Kier molecular flexibility index (Phi) is 7.43. The average molecular weight is 366 g/mol. The molecule has 0 aliphatic carbocycles. The number of hydrogen-bond acceptors (Lipinski definition) is 4. The second-order valence-electron chi connectivity index (χ2n) is 6.07. The predicted molar refractivity (Wildman–Crippen MR) is 97.4 cm³/mol. The first-order valence-electron chi connectivity index (χ1n) is 8.31. The van der Waals surface area contributed by atoms with Crippen molar-refractivity contribution in [2.75, 3.05) is 32.8 Å². The lowest BCUT2D eigenvalue weighted by atomic mass is 10.1. The van der Waals surface area contributed by atoms with Crippen molar-refractivity contribution >= 4 is 24.2 Å². The summed E-state index contributed by atoms with van der Waals surface area (Å²) in [5, 5.41) is 6.19. The molecule has 7 heteroatoms. The van der Waals surface area contributed by atoms with E-state index in [1.165, 1.54) is 5.57 Å². The fraction of sp³-hybridized carbons (Fsp3) is 0.444. The van der Waals surface area contributed by atoms with Crippen molar-refractivity contribution in [1.82, 2.24) is 15.5 Å². The van der Waals surface area contributed by atoms with Gasteiger partial charge in [-0.15, -0.1) is 12.4 Å². The molecular weight excluding hydrogens is 342 g/mol. The van der Waals surface area contributed by atoms with Crippen LogP contribution in [0.4, 0.5) is 0 Å². The zero-order valence-corrected chi connectivity index (χ0v) is 14.9. The number of rotatable bonds is 5. The second-order valence-corrected chi connectivity index (χ2v) is 6.07. The molecule has 0 radical (unpaired) electrons. The van der Waals surface area contributed by atoms with Crippen molar-refractivity contribution in [3.05, 3.63) is 47.5 Å². The van der Waals surface area contributed by atoms with Crippen molar-refractivity contribution < 1.29 is 14.3 Å². The van der Waals surface area contributed by atoms with Crippen LogP contribution in [0.1, 0.15) is 12.0 Å². The molecule has 2 N–H and O–H groups in total. The van der Waals surface area contributed by atoms with Gasteiger partial charge in [-0.1, -0.05) is 42.0 Å². The Balaban J connectivity index is 0.00000225. The van der Waals surface area contributed by atoms with E-state index in [4.69, 9.17) is 4.74 Å². The first-order chi connectivity index (χ1) is 11.7. The molecule has 1 atom stereocenters. The van der Waals surface area contributed by atoms with E-state index >= 15 is 0 Å². The summed E-state index contributed by atoms with van der Waals surface area (Å²) in [5.74, 6) is -0.301. The van der Waals surface area contributed by atoms with Crippen LogP contribution in [0.25, 0.3) is 0 Å². The number of halogens is 1. The summed E-state index contributed by atoms with van der Waals surface area (Å²) < 4.78 is 5.30. The van der Waals surface area contributed by atoms with Crippen LogP contribution >= 0.6 is 12.4 Å². The molecule has 0 saturated carbocycles. The van der Waals surface area contributed by atoms with Crippen molar-refractivity contribution in [1.29, 1.82) is 0 Å². The van der Waals surface area contributed by atoms with Gasteiger partial charge in [0.2, 0.25) is 11.8 Å². The van der Waals surface area contributed by atoms with Gasteiger partial charge in [-0.25, -0.2) is 0 Å². The van der Waals surface area contributed by atoms with Crippen LogP contribution in [-0.4, -0.2) is 55.6 Å². The number of carbonyl (C=O) groups is 2. The molecule has 6 nitrogen and oxygen atoms in total. The Hall–Kier alpha value is -1.89. The van der Waals surface area contributed by atoms with Gasteiger partial charge in [0.25, 0.3) is 0 Å². The third-order valence-corrected chi connectivity index (χ3v) is 4.34.